The summed E-state index contributed by atoms with van der Waals surface area (Å²) in [5.74, 6) is 0.647. The number of hydrogen-bond acceptors (Lipinski definition) is 3. The molecule has 0 saturated heterocycles. The fraction of sp³-hybridized carbons (Fsp3) is 0.583. The molecule has 0 amide bonds. The molecule has 2 atom stereocenters. The zero-order chi connectivity index (χ0) is 11.4. The highest BCUT2D eigenvalue weighted by molar-refractivity contribution is 7.99. The Morgan fingerprint density at radius 1 is 1.20 bits per heavy atom. The van der Waals surface area contributed by atoms with Crippen LogP contribution in [-0.4, -0.2) is 15.3 Å². The molecule has 1 aromatic heterocycles. The van der Waals surface area contributed by atoms with Gasteiger partial charge < -0.3 is 5.11 Å². The zero-order valence-corrected chi connectivity index (χ0v) is 10.6. The van der Waals surface area contributed by atoms with E-state index in [1.165, 1.54) is 0 Å². The summed E-state index contributed by atoms with van der Waals surface area (Å²) in [6.45, 7) is 8.38. The number of hydrogen-bond donors (Lipinski definition) is 1. The molecule has 0 saturated carbocycles. The first-order valence-electron chi connectivity index (χ1n) is 5.31. The van der Waals surface area contributed by atoms with Crippen LogP contribution in [0.5, 0.6) is 0 Å². The van der Waals surface area contributed by atoms with E-state index in [0.29, 0.717) is 11.2 Å². The molecule has 2 unspecified atom stereocenters. The van der Waals surface area contributed by atoms with Crippen molar-refractivity contribution in [3.63, 3.8) is 0 Å². The van der Waals surface area contributed by atoms with E-state index in [1.807, 2.05) is 12.1 Å². The zero-order valence-electron chi connectivity index (χ0n) is 9.77. The second kappa shape index (κ2) is 5.52. The van der Waals surface area contributed by atoms with E-state index in [4.69, 9.17) is 0 Å². The maximum atomic E-state index is 9.34. The number of pyridine rings is 1. The molecule has 0 aliphatic heterocycles. The Balaban J connectivity index is 2.64. The van der Waals surface area contributed by atoms with E-state index in [2.05, 4.69) is 25.8 Å². The van der Waals surface area contributed by atoms with E-state index in [1.54, 1.807) is 24.9 Å². The van der Waals surface area contributed by atoms with Crippen LogP contribution in [0.25, 0.3) is 0 Å². The third-order valence-electron chi connectivity index (χ3n) is 2.49. The fourth-order valence-electron chi connectivity index (χ4n) is 1.04. The summed E-state index contributed by atoms with van der Waals surface area (Å²) in [6.07, 6.45) is 1.32. The summed E-state index contributed by atoms with van der Waals surface area (Å²) in [5.41, 5.74) is 0.872. The summed E-state index contributed by atoms with van der Waals surface area (Å²) < 4.78 is 0. The monoisotopic (exact) mass is 225 g/mol. The van der Waals surface area contributed by atoms with Crippen molar-refractivity contribution >= 4 is 11.8 Å². The normalized spacial score (nSPS) is 15.3. The van der Waals surface area contributed by atoms with Gasteiger partial charge in [0.25, 0.3) is 0 Å². The SMILES string of the molecule is CC(O)c1ccc(SC(C)C(C)C)nc1. The molecule has 0 spiro atoms. The first kappa shape index (κ1) is 12.5. The van der Waals surface area contributed by atoms with Crippen molar-refractivity contribution in [2.45, 2.75) is 44.1 Å². The molecule has 0 aliphatic carbocycles. The first-order valence-corrected chi connectivity index (χ1v) is 6.19. The molecule has 1 N–H and O–H groups in total. The van der Waals surface area contributed by atoms with Gasteiger partial charge in [-0.3, -0.25) is 0 Å². The molecule has 84 valence electrons. The topological polar surface area (TPSA) is 33.1 Å². The number of aliphatic hydroxyl groups is 1. The van der Waals surface area contributed by atoms with Crippen LogP contribution in [0.4, 0.5) is 0 Å². The predicted octanol–water partition coefficient (Wildman–Crippen LogP) is 3.27. The van der Waals surface area contributed by atoms with Gasteiger partial charge in [-0.25, -0.2) is 4.98 Å². The van der Waals surface area contributed by atoms with Crippen LogP contribution in [0.15, 0.2) is 23.4 Å². The minimum absolute atomic E-state index is 0.431. The van der Waals surface area contributed by atoms with Crippen molar-refractivity contribution < 1.29 is 5.11 Å². The maximum absolute atomic E-state index is 9.34. The third-order valence-corrected chi connectivity index (χ3v) is 3.89. The molecular weight excluding hydrogens is 206 g/mol. The Morgan fingerprint density at radius 2 is 1.87 bits per heavy atom. The highest BCUT2D eigenvalue weighted by Gasteiger charge is 2.09. The molecule has 3 heteroatoms. The van der Waals surface area contributed by atoms with Crippen LogP contribution in [0.3, 0.4) is 0 Å². The van der Waals surface area contributed by atoms with Gasteiger partial charge in [-0.2, -0.15) is 0 Å². The molecule has 0 aromatic carbocycles. The van der Waals surface area contributed by atoms with Gasteiger partial charge in [0.05, 0.1) is 11.1 Å². The average Bonchev–Trinajstić information content (AvgIpc) is 2.18. The number of aromatic nitrogens is 1. The largest absolute Gasteiger partial charge is 0.389 e. The number of rotatable bonds is 4. The number of nitrogens with zero attached hydrogens (tertiary/aromatic N) is 1. The van der Waals surface area contributed by atoms with Gasteiger partial charge in [-0.05, 0) is 24.5 Å². The summed E-state index contributed by atoms with van der Waals surface area (Å²) in [4.78, 5) is 4.33. The Bertz CT molecular complexity index is 295. The summed E-state index contributed by atoms with van der Waals surface area (Å²) in [7, 11) is 0. The molecule has 1 rings (SSSR count). The number of thioether (sulfide) groups is 1. The summed E-state index contributed by atoms with van der Waals surface area (Å²) in [5, 5.41) is 10.9. The second-order valence-electron chi connectivity index (χ2n) is 4.17. The Kier molecular flexibility index (Phi) is 4.61. The van der Waals surface area contributed by atoms with Crippen LogP contribution in [0, 0.1) is 5.92 Å². The fourth-order valence-corrected chi connectivity index (χ4v) is 1.95. The van der Waals surface area contributed by atoms with E-state index in [9.17, 15) is 5.11 Å². The lowest BCUT2D eigenvalue weighted by molar-refractivity contribution is 0.198. The lowest BCUT2D eigenvalue weighted by Gasteiger charge is -2.14. The molecule has 2 nitrogen and oxygen atoms in total. The van der Waals surface area contributed by atoms with E-state index >= 15 is 0 Å². The van der Waals surface area contributed by atoms with Crippen LogP contribution < -0.4 is 0 Å². The van der Waals surface area contributed by atoms with E-state index in [-0.39, 0.29) is 0 Å². The van der Waals surface area contributed by atoms with Gasteiger partial charge >= 0.3 is 0 Å². The lowest BCUT2D eigenvalue weighted by atomic mass is 10.2. The Hall–Kier alpha value is -0.540. The van der Waals surface area contributed by atoms with Crippen molar-refractivity contribution in [3.05, 3.63) is 23.9 Å². The van der Waals surface area contributed by atoms with Crippen LogP contribution in [0.2, 0.25) is 0 Å². The van der Waals surface area contributed by atoms with Gasteiger partial charge in [0.15, 0.2) is 0 Å². The van der Waals surface area contributed by atoms with Crippen molar-refractivity contribution in [1.82, 2.24) is 4.98 Å². The molecule has 0 aliphatic rings. The van der Waals surface area contributed by atoms with Crippen molar-refractivity contribution in [2.75, 3.05) is 0 Å². The van der Waals surface area contributed by atoms with Gasteiger partial charge in [0.2, 0.25) is 0 Å². The first-order chi connectivity index (χ1) is 7.00. The highest BCUT2D eigenvalue weighted by atomic mass is 32.2. The van der Waals surface area contributed by atoms with Crippen molar-refractivity contribution in [2.24, 2.45) is 5.92 Å². The molecule has 0 radical (unpaired) electrons. The maximum Gasteiger partial charge on any atom is 0.0962 e. The Labute approximate surface area is 96.1 Å². The summed E-state index contributed by atoms with van der Waals surface area (Å²) >= 11 is 1.78. The molecule has 0 bridgehead atoms. The van der Waals surface area contributed by atoms with Crippen molar-refractivity contribution in [1.29, 1.82) is 0 Å². The van der Waals surface area contributed by atoms with Gasteiger partial charge in [0.1, 0.15) is 0 Å². The van der Waals surface area contributed by atoms with E-state index in [0.717, 1.165) is 10.6 Å². The van der Waals surface area contributed by atoms with Gasteiger partial charge in [0, 0.05) is 11.4 Å². The smallest absolute Gasteiger partial charge is 0.0962 e. The van der Waals surface area contributed by atoms with Crippen molar-refractivity contribution in [3.8, 4) is 0 Å². The molecule has 15 heavy (non-hydrogen) atoms. The minimum atomic E-state index is -0.431. The summed E-state index contributed by atoms with van der Waals surface area (Å²) in [6, 6.07) is 3.92. The quantitative estimate of drug-likeness (QED) is 0.798. The van der Waals surface area contributed by atoms with Crippen LogP contribution in [0.1, 0.15) is 39.4 Å². The Morgan fingerprint density at radius 3 is 2.27 bits per heavy atom. The third kappa shape index (κ3) is 3.84. The van der Waals surface area contributed by atoms with Crippen LogP contribution >= 0.6 is 11.8 Å². The molecular formula is C12H19NOS. The number of aliphatic hydroxyl groups excluding tert-OH is 1. The minimum Gasteiger partial charge on any atom is -0.389 e. The average molecular weight is 225 g/mol. The van der Waals surface area contributed by atoms with Gasteiger partial charge in [-0.1, -0.05) is 26.8 Å². The second-order valence-corrected chi connectivity index (χ2v) is 5.57. The molecule has 0 fully saturated rings. The van der Waals surface area contributed by atoms with Crippen LogP contribution in [-0.2, 0) is 0 Å². The highest BCUT2D eigenvalue weighted by Crippen LogP contribution is 2.26. The lowest BCUT2D eigenvalue weighted by Crippen LogP contribution is -2.05. The molecule has 1 aromatic rings. The molecule has 1 heterocycles. The van der Waals surface area contributed by atoms with E-state index < -0.39 is 6.10 Å². The standard InChI is InChI=1S/C12H19NOS/c1-8(2)10(4)15-12-6-5-11(7-13-12)9(3)14/h5-10,14H,1-4H3. The van der Waals surface area contributed by atoms with Gasteiger partial charge in [-0.15, -0.1) is 11.8 Å². The predicted molar refractivity (Wildman–Crippen MR) is 65.0 cm³/mol.